The minimum Gasteiger partial charge on any atom is -0.399 e. The molecule has 0 aliphatic heterocycles. The number of nitrogens with zero attached hydrogens (tertiary/aromatic N) is 3. The summed E-state index contributed by atoms with van der Waals surface area (Å²) in [5, 5.41) is 9.72. The fraction of sp³-hybridized carbons (Fsp3) is 0.125. The van der Waals surface area contributed by atoms with E-state index in [9.17, 15) is 0 Å². The first-order valence-corrected chi connectivity index (χ1v) is 10.6. The topological polar surface area (TPSA) is 153 Å². The van der Waals surface area contributed by atoms with E-state index in [1.54, 1.807) is 0 Å². The van der Waals surface area contributed by atoms with Crippen LogP contribution in [-0.2, 0) is 13.0 Å². The lowest BCUT2D eigenvalue weighted by Crippen LogP contribution is -2.13. The van der Waals surface area contributed by atoms with Gasteiger partial charge in [-0.1, -0.05) is 30.3 Å². The first-order chi connectivity index (χ1) is 16.0. The van der Waals surface area contributed by atoms with Gasteiger partial charge >= 0.3 is 0 Å². The van der Waals surface area contributed by atoms with Crippen molar-refractivity contribution in [3.8, 4) is 0 Å². The molecular formula is C24H27N9. The summed E-state index contributed by atoms with van der Waals surface area (Å²) in [6, 6.07) is 22.9. The molecule has 0 aliphatic rings. The minimum absolute atomic E-state index is 0.408. The fourth-order valence-corrected chi connectivity index (χ4v) is 3.16. The fourth-order valence-electron chi connectivity index (χ4n) is 3.16. The summed E-state index contributed by atoms with van der Waals surface area (Å²) in [5.74, 6) is 1.32. The van der Waals surface area contributed by atoms with E-state index >= 15 is 0 Å². The molecule has 3 aromatic carbocycles. The molecule has 33 heavy (non-hydrogen) atoms. The number of rotatable bonds is 9. The zero-order valence-electron chi connectivity index (χ0n) is 18.1. The second-order valence-electron chi connectivity index (χ2n) is 7.57. The van der Waals surface area contributed by atoms with Crippen LogP contribution in [0.1, 0.15) is 11.1 Å². The Kier molecular flexibility index (Phi) is 6.70. The Morgan fingerprint density at radius 2 is 1.21 bits per heavy atom. The van der Waals surface area contributed by atoms with E-state index in [0.717, 1.165) is 29.0 Å². The van der Waals surface area contributed by atoms with E-state index in [-0.39, 0.29) is 0 Å². The molecule has 9 N–H and O–H groups in total. The third kappa shape index (κ3) is 6.47. The van der Waals surface area contributed by atoms with E-state index < -0.39 is 0 Å². The van der Waals surface area contributed by atoms with E-state index in [4.69, 9.17) is 17.2 Å². The highest BCUT2D eigenvalue weighted by Crippen LogP contribution is 2.18. The summed E-state index contributed by atoms with van der Waals surface area (Å²) in [6.45, 7) is 1.20. The lowest BCUT2D eigenvalue weighted by Gasteiger charge is -2.12. The molecule has 4 aromatic rings. The van der Waals surface area contributed by atoms with Crippen LogP contribution >= 0.6 is 0 Å². The maximum absolute atomic E-state index is 5.89. The monoisotopic (exact) mass is 441 g/mol. The molecule has 9 nitrogen and oxygen atoms in total. The molecular weight excluding hydrogens is 414 g/mol. The van der Waals surface area contributed by atoms with Gasteiger partial charge in [-0.3, -0.25) is 0 Å². The normalized spacial score (nSPS) is 10.5. The van der Waals surface area contributed by atoms with Crippen molar-refractivity contribution in [3.05, 3.63) is 83.9 Å². The van der Waals surface area contributed by atoms with Crippen LogP contribution in [0.4, 0.5) is 40.6 Å². The van der Waals surface area contributed by atoms with Gasteiger partial charge in [0.25, 0.3) is 0 Å². The van der Waals surface area contributed by atoms with Gasteiger partial charge in [0.1, 0.15) is 0 Å². The first-order valence-electron chi connectivity index (χ1n) is 10.6. The summed E-state index contributed by atoms with van der Waals surface area (Å²) < 4.78 is 0. The molecule has 0 atom stereocenters. The molecule has 4 rings (SSSR count). The lowest BCUT2D eigenvalue weighted by molar-refractivity contribution is 0.956. The number of nitrogen functional groups attached to an aromatic ring is 3. The third-order valence-corrected chi connectivity index (χ3v) is 4.89. The Balaban J connectivity index is 1.48. The molecule has 168 valence electrons. The zero-order valence-corrected chi connectivity index (χ0v) is 18.1. The number of benzene rings is 3. The van der Waals surface area contributed by atoms with Gasteiger partial charge in [-0.2, -0.15) is 15.0 Å². The number of nitrogens with one attached hydrogen (secondary N) is 3. The molecule has 0 unspecified atom stereocenters. The first kappa shape index (κ1) is 21.7. The van der Waals surface area contributed by atoms with Crippen LogP contribution in [0.25, 0.3) is 0 Å². The van der Waals surface area contributed by atoms with Crippen molar-refractivity contribution in [3.63, 3.8) is 0 Å². The molecule has 1 aromatic heterocycles. The van der Waals surface area contributed by atoms with Crippen molar-refractivity contribution in [1.29, 1.82) is 0 Å². The average molecular weight is 442 g/mol. The van der Waals surface area contributed by atoms with Crippen LogP contribution in [0.3, 0.4) is 0 Å². The molecule has 0 bridgehead atoms. The van der Waals surface area contributed by atoms with Gasteiger partial charge in [0.15, 0.2) is 0 Å². The van der Waals surface area contributed by atoms with Gasteiger partial charge in [0.05, 0.1) is 0 Å². The van der Waals surface area contributed by atoms with Gasteiger partial charge in [0.2, 0.25) is 17.8 Å². The van der Waals surface area contributed by atoms with E-state index in [2.05, 4.69) is 30.9 Å². The largest absolute Gasteiger partial charge is 0.399 e. The van der Waals surface area contributed by atoms with Crippen molar-refractivity contribution in [2.75, 3.05) is 39.7 Å². The Bertz CT molecular complexity index is 1190. The van der Waals surface area contributed by atoms with Crippen molar-refractivity contribution in [1.82, 2.24) is 15.0 Å². The molecule has 0 fully saturated rings. The van der Waals surface area contributed by atoms with Crippen molar-refractivity contribution < 1.29 is 0 Å². The molecule has 9 heteroatoms. The highest BCUT2D eigenvalue weighted by molar-refractivity contribution is 5.60. The number of aromatic nitrogens is 3. The molecule has 0 amide bonds. The molecule has 1 heterocycles. The van der Waals surface area contributed by atoms with Gasteiger partial charge in [-0.25, -0.2) is 0 Å². The predicted octanol–water partition coefficient (Wildman–Crippen LogP) is 3.63. The van der Waals surface area contributed by atoms with Crippen LogP contribution < -0.4 is 33.2 Å². The van der Waals surface area contributed by atoms with Crippen LogP contribution in [0, 0.1) is 0 Å². The second kappa shape index (κ2) is 10.2. The predicted molar refractivity (Wildman–Crippen MR) is 135 cm³/mol. The van der Waals surface area contributed by atoms with Crippen molar-refractivity contribution >= 4 is 40.6 Å². The molecule has 0 saturated carbocycles. The zero-order chi connectivity index (χ0) is 23.0. The summed E-state index contributed by atoms with van der Waals surface area (Å²) in [4.78, 5) is 13.5. The van der Waals surface area contributed by atoms with E-state index in [1.807, 2.05) is 72.8 Å². The summed E-state index contributed by atoms with van der Waals surface area (Å²) in [6.07, 6.45) is 0.804. The highest BCUT2D eigenvalue weighted by atomic mass is 15.3. The van der Waals surface area contributed by atoms with Crippen LogP contribution in [0.2, 0.25) is 0 Å². The SMILES string of the molecule is Nc1ccc(CCNc2nc(NCc3ccc(N)cc3)nc(Nc3cccc(N)c3)n2)cc1. The number of nitrogens with two attached hydrogens (primary N) is 3. The van der Waals surface area contributed by atoms with Gasteiger partial charge in [-0.05, 0) is 60.0 Å². The Morgan fingerprint density at radius 3 is 1.88 bits per heavy atom. The average Bonchev–Trinajstić information content (AvgIpc) is 2.80. The summed E-state index contributed by atoms with van der Waals surface area (Å²) in [5.41, 5.74) is 22.6. The maximum Gasteiger partial charge on any atom is 0.233 e. The maximum atomic E-state index is 5.89. The van der Waals surface area contributed by atoms with Crippen molar-refractivity contribution in [2.24, 2.45) is 0 Å². The summed E-state index contributed by atoms with van der Waals surface area (Å²) >= 11 is 0. The Morgan fingerprint density at radius 1 is 0.606 bits per heavy atom. The number of hydrogen-bond acceptors (Lipinski definition) is 9. The molecule has 0 spiro atoms. The van der Waals surface area contributed by atoms with E-state index in [1.165, 1.54) is 5.56 Å². The van der Waals surface area contributed by atoms with Crippen LogP contribution in [0.5, 0.6) is 0 Å². The Hall–Kier alpha value is -4.53. The highest BCUT2D eigenvalue weighted by Gasteiger charge is 2.08. The molecule has 0 radical (unpaired) electrons. The number of hydrogen-bond donors (Lipinski definition) is 6. The quantitative estimate of drug-likeness (QED) is 0.214. The smallest absolute Gasteiger partial charge is 0.233 e. The van der Waals surface area contributed by atoms with Gasteiger partial charge in [0, 0.05) is 35.8 Å². The van der Waals surface area contributed by atoms with E-state index in [0.29, 0.717) is 36.6 Å². The van der Waals surface area contributed by atoms with Crippen LogP contribution in [-0.4, -0.2) is 21.5 Å². The van der Waals surface area contributed by atoms with Gasteiger partial charge in [-0.15, -0.1) is 0 Å². The number of anilines is 7. The Labute approximate surface area is 192 Å². The third-order valence-electron chi connectivity index (χ3n) is 4.89. The van der Waals surface area contributed by atoms with Crippen LogP contribution in [0.15, 0.2) is 72.8 Å². The molecule has 0 saturated heterocycles. The van der Waals surface area contributed by atoms with Gasteiger partial charge < -0.3 is 33.2 Å². The minimum atomic E-state index is 0.408. The molecule has 0 aliphatic carbocycles. The summed E-state index contributed by atoms with van der Waals surface area (Å²) in [7, 11) is 0. The second-order valence-corrected chi connectivity index (χ2v) is 7.57. The lowest BCUT2D eigenvalue weighted by atomic mass is 10.1. The van der Waals surface area contributed by atoms with Crippen molar-refractivity contribution in [2.45, 2.75) is 13.0 Å². The standard InChI is InChI=1S/C24H27N9/c25-18-8-4-16(5-9-18)12-13-28-22-31-23(29-15-17-6-10-19(26)11-7-17)33-24(32-22)30-21-3-1-2-20(27)14-21/h1-11,14H,12-13,15,25-27H2,(H3,28,29,30,31,32,33).